The van der Waals surface area contributed by atoms with Gasteiger partial charge in [0.15, 0.2) is 5.78 Å². The molecule has 7 heteroatoms. The summed E-state index contributed by atoms with van der Waals surface area (Å²) in [6.45, 7) is 14.8. The van der Waals surface area contributed by atoms with Gasteiger partial charge in [-0.2, -0.15) is 0 Å². The number of nitrogens with zero attached hydrogens (tertiary/aromatic N) is 1. The summed E-state index contributed by atoms with van der Waals surface area (Å²) in [5, 5.41) is 15.0. The number of likely N-dealkylation sites (N-methyl/N-ethyl adjacent to an activating group) is 1. The molecule has 0 heterocycles. The molecule has 6 nitrogen and oxygen atoms in total. The van der Waals surface area contributed by atoms with E-state index in [1.165, 1.54) is 0 Å². The van der Waals surface area contributed by atoms with Gasteiger partial charge in [0.25, 0.3) is 0 Å². The maximum Gasteiger partial charge on any atom is 0.347 e. The molecule has 0 radical (unpaired) electrons. The molecule has 2 N–H and O–H groups in total. The van der Waals surface area contributed by atoms with E-state index < -0.39 is 11.6 Å². The Balaban J connectivity index is 0.000000305. The fourth-order valence-corrected chi connectivity index (χ4v) is 4.47. The summed E-state index contributed by atoms with van der Waals surface area (Å²) in [6, 6.07) is 24.7. The van der Waals surface area contributed by atoms with Gasteiger partial charge in [-0.3, -0.25) is 4.79 Å². The normalized spacial score (nSPS) is 12.3. The first-order chi connectivity index (χ1) is 18.9. The summed E-state index contributed by atoms with van der Waals surface area (Å²) in [6.07, 6.45) is 0. The summed E-state index contributed by atoms with van der Waals surface area (Å²) in [4.78, 5) is 27.0. The molecule has 40 heavy (non-hydrogen) atoms. The van der Waals surface area contributed by atoms with Crippen LogP contribution in [0.25, 0.3) is 0 Å². The summed E-state index contributed by atoms with van der Waals surface area (Å²) in [7, 11) is 0. The molecule has 0 spiro atoms. The Hall–Kier alpha value is -3.03. The number of Topliss-reactive ketones (excluding diaryl/α,β-unsaturated/α-hetero) is 1. The van der Waals surface area contributed by atoms with Gasteiger partial charge in [-0.1, -0.05) is 98.2 Å². The third kappa shape index (κ3) is 9.86. The lowest BCUT2D eigenvalue weighted by Crippen LogP contribution is -2.46. The molecule has 0 aliphatic carbocycles. The average molecular weight is 567 g/mol. The smallest absolute Gasteiger partial charge is 0.347 e. The molecule has 0 saturated heterocycles. The van der Waals surface area contributed by atoms with E-state index in [1.807, 2.05) is 39.8 Å². The highest BCUT2D eigenvalue weighted by Crippen LogP contribution is 2.31. The van der Waals surface area contributed by atoms with Crippen molar-refractivity contribution in [3.8, 4) is 0 Å². The van der Waals surface area contributed by atoms with Crippen LogP contribution in [0, 0.1) is 0 Å². The van der Waals surface area contributed by atoms with E-state index in [2.05, 4.69) is 24.1 Å². The molecular weight excluding hydrogens is 524 g/mol. The van der Waals surface area contributed by atoms with Crippen molar-refractivity contribution in [1.29, 1.82) is 0 Å². The summed E-state index contributed by atoms with van der Waals surface area (Å²) < 4.78 is 5.42. The standard InChI is InChI=1S/C20H25NO3.C13H18ClNO/c1-3-21(4-2)15-16-24-19(22)20(23,17-11-7-5-8-12-17)18-13-9-6-10-14-18;1-9(15-13(2,3)4)12(16)10-6-5-7-11(14)8-10/h5-14,23H,3-4,15-16H2,1-2H3;5-9,15H,1-4H3. The number of benzene rings is 3. The van der Waals surface area contributed by atoms with Crippen molar-refractivity contribution in [2.45, 2.75) is 58.7 Å². The van der Waals surface area contributed by atoms with E-state index >= 15 is 0 Å². The Bertz CT molecular complexity index is 1150. The second kappa shape index (κ2) is 15.7. The van der Waals surface area contributed by atoms with Gasteiger partial charge in [-0.25, -0.2) is 4.79 Å². The van der Waals surface area contributed by atoms with Crippen LogP contribution in [-0.4, -0.2) is 59.6 Å². The molecular formula is C33H43ClN2O4. The van der Waals surface area contributed by atoms with Gasteiger partial charge in [0, 0.05) is 22.7 Å². The zero-order valence-electron chi connectivity index (χ0n) is 24.5. The predicted octanol–water partition coefficient (Wildman–Crippen LogP) is 6.11. The van der Waals surface area contributed by atoms with Crippen LogP contribution in [-0.2, 0) is 15.1 Å². The Morgan fingerprint density at radius 1 is 0.900 bits per heavy atom. The molecule has 0 aliphatic heterocycles. The summed E-state index contributed by atoms with van der Waals surface area (Å²) in [5.74, 6) is -0.579. The highest BCUT2D eigenvalue weighted by Gasteiger charge is 2.41. The lowest BCUT2D eigenvalue weighted by atomic mass is 9.86. The number of carbonyl (C=O) groups is 2. The minimum Gasteiger partial charge on any atom is -0.462 e. The maximum absolute atomic E-state index is 12.7. The lowest BCUT2D eigenvalue weighted by molar-refractivity contribution is -0.162. The van der Waals surface area contributed by atoms with E-state index in [-0.39, 0.29) is 24.0 Å². The van der Waals surface area contributed by atoms with Crippen LogP contribution < -0.4 is 5.32 Å². The zero-order valence-corrected chi connectivity index (χ0v) is 25.2. The van der Waals surface area contributed by atoms with Gasteiger partial charge >= 0.3 is 5.97 Å². The molecule has 0 aromatic heterocycles. The molecule has 1 atom stereocenters. The maximum atomic E-state index is 12.7. The SMILES string of the molecule is CC(NC(C)(C)C)C(=O)c1cccc(Cl)c1.CCN(CC)CCOC(=O)C(O)(c1ccccc1)c1ccccc1. The van der Waals surface area contributed by atoms with Gasteiger partial charge in [-0.05, 0) is 64.0 Å². The van der Waals surface area contributed by atoms with Crippen molar-refractivity contribution in [2.24, 2.45) is 0 Å². The molecule has 0 amide bonds. The van der Waals surface area contributed by atoms with Crippen molar-refractivity contribution >= 4 is 23.4 Å². The Kier molecular flexibility index (Phi) is 13.0. The van der Waals surface area contributed by atoms with Crippen molar-refractivity contribution in [3.63, 3.8) is 0 Å². The molecule has 216 valence electrons. The average Bonchev–Trinajstić information content (AvgIpc) is 2.94. The molecule has 3 aromatic rings. The topological polar surface area (TPSA) is 78.9 Å². The molecule has 0 bridgehead atoms. The number of hydrogen-bond acceptors (Lipinski definition) is 6. The van der Waals surface area contributed by atoms with Crippen molar-refractivity contribution in [1.82, 2.24) is 10.2 Å². The zero-order chi connectivity index (χ0) is 29.8. The first-order valence-corrected chi connectivity index (χ1v) is 14.1. The van der Waals surface area contributed by atoms with Crippen LogP contribution >= 0.6 is 11.6 Å². The number of halogens is 1. The highest BCUT2D eigenvalue weighted by molar-refractivity contribution is 6.31. The number of aliphatic hydroxyl groups is 1. The quantitative estimate of drug-likeness (QED) is 0.215. The van der Waals surface area contributed by atoms with Crippen LogP contribution in [0.2, 0.25) is 5.02 Å². The summed E-state index contributed by atoms with van der Waals surface area (Å²) in [5.41, 5.74) is -0.218. The number of ether oxygens (including phenoxy) is 1. The molecule has 3 aromatic carbocycles. The van der Waals surface area contributed by atoms with Crippen LogP contribution in [0.5, 0.6) is 0 Å². The van der Waals surface area contributed by atoms with Crippen LogP contribution in [0.3, 0.4) is 0 Å². The Morgan fingerprint density at radius 2 is 1.43 bits per heavy atom. The van der Waals surface area contributed by atoms with E-state index in [9.17, 15) is 14.7 Å². The highest BCUT2D eigenvalue weighted by atomic mass is 35.5. The number of nitrogens with one attached hydrogen (secondary N) is 1. The van der Waals surface area contributed by atoms with Gasteiger partial charge in [0.05, 0.1) is 6.04 Å². The van der Waals surface area contributed by atoms with Crippen LogP contribution in [0.1, 0.15) is 63.0 Å². The van der Waals surface area contributed by atoms with Gasteiger partial charge in [0.2, 0.25) is 5.60 Å². The number of esters is 1. The number of hydrogen-bond donors (Lipinski definition) is 2. The van der Waals surface area contributed by atoms with Crippen molar-refractivity contribution in [2.75, 3.05) is 26.2 Å². The largest absolute Gasteiger partial charge is 0.462 e. The van der Waals surface area contributed by atoms with Gasteiger partial charge < -0.3 is 20.1 Å². The molecule has 3 rings (SSSR count). The fraction of sp³-hybridized carbons (Fsp3) is 0.394. The van der Waals surface area contributed by atoms with E-state index in [0.29, 0.717) is 28.3 Å². The third-order valence-electron chi connectivity index (χ3n) is 6.37. The Morgan fingerprint density at radius 3 is 1.88 bits per heavy atom. The van der Waals surface area contributed by atoms with Crippen LogP contribution in [0.15, 0.2) is 84.9 Å². The van der Waals surface area contributed by atoms with Gasteiger partial charge in [0.1, 0.15) is 6.61 Å². The fourth-order valence-electron chi connectivity index (χ4n) is 4.28. The third-order valence-corrected chi connectivity index (χ3v) is 6.60. The van der Waals surface area contributed by atoms with E-state index in [1.54, 1.807) is 72.8 Å². The summed E-state index contributed by atoms with van der Waals surface area (Å²) >= 11 is 5.85. The lowest BCUT2D eigenvalue weighted by Gasteiger charge is -2.27. The first kappa shape index (κ1) is 33.2. The molecule has 0 saturated carbocycles. The van der Waals surface area contributed by atoms with E-state index in [4.69, 9.17) is 16.3 Å². The number of ketones is 1. The minimum atomic E-state index is -1.80. The predicted molar refractivity (Wildman–Crippen MR) is 163 cm³/mol. The van der Waals surface area contributed by atoms with Crippen LogP contribution in [0.4, 0.5) is 0 Å². The first-order valence-electron chi connectivity index (χ1n) is 13.7. The molecule has 0 fully saturated rings. The molecule has 0 aliphatic rings. The van der Waals surface area contributed by atoms with E-state index in [0.717, 1.165) is 13.1 Å². The van der Waals surface area contributed by atoms with Gasteiger partial charge in [-0.15, -0.1) is 0 Å². The van der Waals surface area contributed by atoms with Crippen molar-refractivity contribution in [3.05, 3.63) is 107 Å². The Labute approximate surface area is 244 Å². The number of carbonyl (C=O) groups excluding carboxylic acids is 2. The van der Waals surface area contributed by atoms with Crippen molar-refractivity contribution < 1.29 is 19.4 Å². The molecule has 1 unspecified atom stereocenters. The monoisotopic (exact) mass is 566 g/mol. The second-order valence-corrected chi connectivity index (χ2v) is 11.0. The number of rotatable bonds is 11. The minimum absolute atomic E-state index is 0.0671. The second-order valence-electron chi connectivity index (χ2n) is 10.6.